The normalized spacial score (nSPS) is 13.4. The molecular formula is C35H70NO8P. The highest BCUT2D eigenvalue weighted by Crippen LogP contribution is 2.49. The van der Waals surface area contributed by atoms with E-state index in [-0.39, 0.29) is 45.4 Å². The summed E-state index contributed by atoms with van der Waals surface area (Å²) in [4.78, 5) is 25.0. The fourth-order valence-electron chi connectivity index (χ4n) is 5.09. The van der Waals surface area contributed by atoms with E-state index in [4.69, 9.17) is 28.8 Å². The summed E-state index contributed by atoms with van der Waals surface area (Å²) < 4.78 is 39.7. The van der Waals surface area contributed by atoms with E-state index in [1.807, 2.05) is 0 Å². The van der Waals surface area contributed by atoms with E-state index >= 15 is 0 Å². The van der Waals surface area contributed by atoms with Gasteiger partial charge in [0.25, 0.3) is 0 Å². The number of carbonyl (C=O) groups excluding carboxylic acids is 2. The molecule has 0 aromatic carbocycles. The molecule has 1 unspecified atom stereocenters. The summed E-state index contributed by atoms with van der Waals surface area (Å²) in [5.74, 6) is -0.736. The van der Waals surface area contributed by atoms with Crippen molar-refractivity contribution < 1.29 is 37.2 Å². The fraction of sp³-hybridized carbons (Fsp3) is 0.943. The lowest BCUT2D eigenvalue weighted by atomic mass is 10.1. The average Bonchev–Trinajstić information content (AvgIpc) is 3.03. The van der Waals surface area contributed by atoms with Crippen LogP contribution in [0.4, 0.5) is 0 Å². The standard InChI is InChI=1S/C35H70NO8P/c1-4-7-9-11-13-15-17-19-21-23-25-27-34(37)40-31-33(32-43-45(39,41-6-3)42-30-29-36)44-35(38)28-26-24-22-20-18-16-14-12-10-8-5-2/h33H,4-32,36H2,1-3H3/t33-,45?/m1/s1. The molecule has 268 valence electrons. The van der Waals surface area contributed by atoms with Gasteiger partial charge in [0.2, 0.25) is 0 Å². The lowest BCUT2D eigenvalue weighted by Crippen LogP contribution is -2.29. The Morgan fingerprint density at radius 1 is 0.556 bits per heavy atom. The molecule has 0 aliphatic heterocycles. The van der Waals surface area contributed by atoms with Crippen molar-refractivity contribution >= 4 is 19.8 Å². The van der Waals surface area contributed by atoms with Crippen LogP contribution in [0, 0.1) is 0 Å². The van der Waals surface area contributed by atoms with E-state index in [0.717, 1.165) is 38.5 Å². The number of rotatable bonds is 35. The molecule has 10 heteroatoms. The fourth-order valence-corrected chi connectivity index (χ4v) is 6.31. The Bertz CT molecular complexity index is 724. The third-order valence-electron chi connectivity index (χ3n) is 7.77. The zero-order chi connectivity index (χ0) is 33.3. The lowest BCUT2D eigenvalue weighted by molar-refractivity contribution is -0.161. The van der Waals surface area contributed by atoms with Crippen molar-refractivity contribution in [3.05, 3.63) is 0 Å². The molecule has 0 bridgehead atoms. The van der Waals surface area contributed by atoms with Crippen molar-refractivity contribution in [3.8, 4) is 0 Å². The van der Waals surface area contributed by atoms with Gasteiger partial charge < -0.3 is 15.2 Å². The molecule has 2 N–H and O–H groups in total. The first kappa shape index (κ1) is 44.0. The predicted molar refractivity (Wildman–Crippen MR) is 183 cm³/mol. The Kier molecular flexibility index (Phi) is 32.2. The number of phosphoric acid groups is 1. The van der Waals surface area contributed by atoms with Crippen LogP contribution in [-0.4, -0.2) is 51.0 Å². The molecule has 0 saturated heterocycles. The Hall–Kier alpha value is -0.990. The predicted octanol–water partition coefficient (Wildman–Crippen LogP) is 9.98. The Morgan fingerprint density at radius 3 is 1.40 bits per heavy atom. The molecule has 2 atom stereocenters. The van der Waals surface area contributed by atoms with Gasteiger partial charge in [0.1, 0.15) is 6.61 Å². The average molecular weight is 664 g/mol. The number of esters is 2. The van der Waals surface area contributed by atoms with Gasteiger partial charge in [0.05, 0.1) is 19.8 Å². The van der Waals surface area contributed by atoms with Crippen molar-refractivity contribution in [2.45, 2.75) is 181 Å². The van der Waals surface area contributed by atoms with Crippen LogP contribution < -0.4 is 5.73 Å². The molecule has 0 aliphatic rings. The minimum atomic E-state index is -3.88. The van der Waals surface area contributed by atoms with Crippen LogP contribution in [0.5, 0.6) is 0 Å². The maximum Gasteiger partial charge on any atom is 0.474 e. The van der Waals surface area contributed by atoms with Gasteiger partial charge >= 0.3 is 19.8 Å². The number of unbranched alkanes of at least 4 members (excludes halogenated alkanes) is 20. The number of hydrogen-bond acceptors (Lipinski definition) is 9. The molecule has 0 aliphatic carbocycles. The molecule has 0 amide bonds. The van der Waals surface area contributed by atoms with Crippen LogP contribution in [0.25, 0.3) is 0 Å². The molecule has 9 nitrogen and oxygen atoms in total. The number of carbonyl (C=O) groups is 2. The van der Waals surface area contributed by atoms with E-state index in [0.29, 0.717) is 6.42 Å². The van der Waals surface area contributed by atoms with Gasteiger partial charge in [-0.3, -0.25) is 23.2 Å². The van der Waals surface area contributed by atoms with Crippen molar-refractivity contribution in [2.24, 2.45) is 5.73 Å². The maximum atomic E-state index is 12.8. The Morgan fingerprint density at radius 2 is 0.978 bits per heavy atom. The number of ether oxygens (including phenoxy) is 2. The van der Waals surface area contributed by atoms with E-state index < -0.39 is 19.9 Å². The topological polar surface area (TPSA) is 123 Å². The zero-order valence-electron chi connectivity index (χ0n) is 29.4. The van der Waals surface area contributed by atoms with Gasteiger partial charge in [-0.25, -0.2) is 4.57 Å². The van der Waals surface area contributed by atoms with Crippen LogP contribution >= 0.6 is 7.82 Å². The summed E-state index contributed by atoms with van der Waals surface area (Å²) in [6.45, 7) is 5.94. The molecule has 0 heterocycles. The van der Waals surface area contributed by atoms with Crippen molar-refractivity contribution in [1.82, 2.24) is 0 Å². The molecule has 0 radical (unpaired) electrons. The van der Waals surface area contributed by atoms with Crippen LogP contribution in [0.1, 0.15) is 175 Å². The smallest absolute Gasteiger partial charge is 0.462 e. The highest BCUT2D eigenvalue weighted by Gasteiger charge is 2.29. The molecular weight excluding hydrogens is 593 g/mol. The third-order valence-corrected chi connectivity index (χ3v) is 9.31. The van der Waals surface area contributed by atoms with E-state index in [1.165, 1.54) is 103 Å². The van der Waals surface area contributed by atoms with Crippen LogP contribution in [0.3, 0.4) is 0 Å². The van der Waals surface area contributed by atoms with Crippen LogP contribution in [0.2, 0.25) is 0 Å². The maximum absolute atomic E-state index is 12.8. The van der Waals surface area contributed by atoms with Crippen molar-refractivity contribution in [1.29, 1.82) is 0 Å². The summed E-state index contributed by atoms with van der Waals surface area (Å²) in [5.41, 5.74) is 5.47. The molecule has 0 saturated carbocycles. The van der Waals surface area contributed by atoms with Gasteiger partial charge in [-0.15, -0.1) is 0 Å². The zero-order valence-corrected chi connectivity index (χ0v) is 30.3. The van der Waals surface area contributed by atoms with E-state index in [9.17, 15) is 14.2 Å². The third kappa shape index (κ3) is 30.1. The summed E-state index contributed by atoms with van der Waals surface area (Å²) in [6.07, 6.45) is 26.0. The Balaban J connectivity index is 4.45. The molecule has 0 aromatic rings. The lowest BCUT2D eigenvalue weighted by Gasteiger charge is -2.22. The van der Waals surface area contributed by atoms with Crippen molar-refractivity contribution in [3.63, 3.8) is 0 Å². The van der Waals surface area contributed by atoms with E-state index in [1.54, 1.807) is 6.92 Å². The number of phosphoric ester groups is 1. The second kappa shape index (κ2) is 32.9. The minimum absolute atomic E-state index is 0.00542. The SMILES string of the molecule is CCCCCCCCCCCCCC(=O)OC[C@H](COP(=O)(OCC)OCCN)OC(=O)CCCCCCCCCCCCC. The van der Waals surface area contributed by atoms with Crippen LogP contribution in [0.15, 0.2) is 0 Å². The molecule has 0 aromatic heterocycles. The second-order valence-electron chi connectivity index (χ2n) is 12.1. The highest BCUT2D eigenvalue weighted by molar-refractivity contribution is 7.48. The van der Waals surface area contributed by atoms with Gasteiger partial charge in [0, 0.05) is 19.4 Å². The first-order valence-electron chi connectivity index (χ1n) is 18.5. The quantitative estimate of drug-likeness (QED) is 0.0401. The first-order valence-corrected chi connectivity index (χ1v) is 20.0. The minimum Gasteiger partial charge on any atom is -0.462 e. The second-order valence-corrected chi connectivity index (χ2v) is 13.8. The van der Waals surface area contributed by atoms with Gasteiger partial charge in [-0.05, 0) is 19.8 Å². The molecule has 45 heavy (non-hydrogen) atoms. The highest BCUT2D eigenvalue weighted by atomic mass is 31.2. The monoisotopic (exact) mass is 663 g/mol. The first-order chi connectivity index (χ1) is 21.9. The molecule has 0 rings (SSSR count). The molecule has 0 spiro atoms. The summed E-state index contributed by atoms with van der Waals surface area (Å²) in [6, 6.07) is 0. The number of hydrogen-bond donors (Lipinski definition) is 1. The number of nitrogens with two attached hydrogens (primary N) is 1. The summed E-state index contributed by atoms with van der Waals surface area (Å²) in [7, 11) is -3.88. The van der Waals surface area contributed by atoms with Gasteiger partial charge in [0.15, 0.2) is 6.10 Å². The largest absolute Gasteiger partial charge is 0.474 e. The molecule has 0 fully saturated rings. The Labute approximate surface area is 276 Å². The summed E-state index contributed by atoms with van der Waals surface area (Å²) in [5, 5.41) is 0. The van der Waals surface area contributed by atoms with Gasteiger partial charge in [-0.2, -0.15) is 0 Å². The van der Waals surface area contributed by atoms with E-state index in [2.05, 4.69) is 13.8 Å². The summed E-state index contributed by atoms with van der Waals surface area (Å²) >= 11 is 0. The van der Waals surface area contributed by atoms with Crippen LogP contribution in [-0.2, 0) is 37.2 Å². The van der Waals surface area contributed by atoms with Gasteiger partial charge in [-0.1, -0.05) is 142 Å². The van der Waals surface area contributed by atoms with Crippen molar-refractivity contribution in [2.75, 3.05) is 33.0 Å².